The van der Waals surface area contributed by atoms with Crippen molar-refractivity contribution < 1.29 is 0 Å². The van der Waals surface area contributed by atoms with Gasteiger partial charge >= 0.3 is 0 Å². The van der Waals surface area contributed by atoms with Crippen LogP contribution >= 0.6 is 23.2 Å². The molecule has 27 heavy (non-hydrogen) atoms. The molecular formula is C22H17Cl2N3. The van der Waals surface area contributed by atoms with Crippen molar-refractivity contribution in [1.29, 1.82) is 0 Å². The molecule has 3 nitrogen and oxygen atoms in total. The third-order valence-electron chi connectivity index (χ3n) is 5.21. The summed E-state index contributed by atoms with van der Waals surface area (Å²) in [5.41, 5.74) is 4.41. The highest BCUT2D eigenvalue weighted by Gasteiger charge is 2.31. The Balaban J connectivity index is 1.68. The van der Waals surface area contributed by atoms with Gasteiger partial charge in [0.15, 0.2) is 0 Å². The molecule has 2 heterocycles. The van der Waals surface area contributed by atoms with E-state index in [0.29, 0.717) is 0 Å². The van der Waals surface area contributed by atoms with Crippen LogP contribution in [0.25, 0.3) is 11.0 Å². The molecule has 5 heteroatoms. The third-order valence-corrected chi connectivity index (χ3v) is 5.80. The highest BCUT2D eigenvalue weighted by Crippen LogP contribution is 2.42. The van der Waals surface area contributed by atoms with Crippen LogP contribution in [0.5, 0.6) is 0 Å². The van der Waals surface area contributed by atoms with Crippen LogP contribution < -0.4 is 5.32 Å². The van der Waals surface area contributed by atoms with Crippen LogP contribution in [0.4, 0.5) is 5.95 Å². The first-order chi connectivity index (χ1) is 13.2. The van der Waals surface area contributed by atoms with E-state index in [4.69, 9.17) is 28.2 Å². The van der Waals surface area contributed by atoms with Crippen LogP contribution in [-0.2, 0) is 0 Å². The van der Waals surface area contributed by atoms with Crippen LogP contribution in [0.1, 0.15) is 29.6 Å². The van der Waals surface area contributed by atoms with Crippen LogP contribution in [0, 0.1) is 0 Å². The number of nitrogens with zero attached hydrogens (tertiary/aromatic N) is 2. The molecule has 0 spiro atoms. The minimum absolute atomic E-state index is 0.0868. The minimum atomic E-state index is 0.0868. The summed E-state index contributed by atoms with van der Waals surface area (Å²) in [6, 6.07) is 24.6. The number of rotatable bonds is 2. The molecule has 0 aliphatic carbocycles. The van der Waals surface area contributed by atoms with E-state index in [1.807, 2.05) is 42.5 Å². The molecule has 0 saturated heterocycles. The second-order valence-electron chi connectivity index (χ2n) is 6.82. The van der Waals surface area contributed by atoms with E-state index in [0.717, 1.165) is 39.0 Å². The molecule has 1 aliphatic heterocycles. The SMILES string of the molecule is Clc1ccc(C2CC(c3ccccc3Cl)Nc3nc4ccccc4n32)cc1. The van der Waals surface area contributed by atoms with E-state index >= 15 is 0 Å². The van der Waals surface area contributed by atoms with Gasteiger partial charge in [-0.1, -0.05) is 65.7 Å². The highest BCUT2D eigenvalue weighted by molar-refractivity contribution is 6.31. The van der Waals surface area contributed by atoms with E-state index in [-0.39, 0.29) is 12.1 Å². The van der Waals surface area contributed by atoms with Crippen molar-refractivity contribution in [2.45, 2.75) is 18.5 Å². The third kappa shape index (κ3) is 2.88. The predicted octanol–water partition coefficient (Wildman–Crippen LogP) is 6.49. The molecule has 1 aliphatic rings. The molecule has 0 saturated carbocycles. The van der Waals surface area contributed by atoms with Gasteiger partial charge in [0.25, 0.3) is 0 Å². The number of para-hydroxylation sites is 2. The Morgan fingerprint density at radius 3 is 2.44 bits per heavy atom. The summed E-state index contributed by atoms with van der Waals surface area (Å²) in [6.07, 6.45) is 0.874. The van der Waals surface area contributed by atoms with Crippen molar-refractivity contribution in [2.24, 2.45) is 0 Å². The van der Waals surface area contributed by atoms with Crippen LogP contribution in [0.2, 0.25) is 10.0 Å². The van der Waals surface area contributed by atoms with Crippen LogP contribution in [-0.4, -0.2) is 9.55 Å². The molecule has 0 bridgehead atoms. The molecule has 0 amide bonds. The molecule has 5 rings (SSSR count). The van der Waals surface area contributed by atoms with Crippen LogP contribution in [0.3, 0.4) is 0 Å². The first kappa shape index (κ1) is 16.7. The number of benzene rings is 3. The van der Waals surface area contributed by atoms with E-state index in [1.54, 1.807) is 0 Å². The Hall–Kier alpha value is -2.49. The average molecular weight is 394 g/mol. The quantitative estimate of drug-likeness (QED) is 0.421. The van der Waals surface area contributed by atoms with Gasteiger partial charge in [-0.25, -0.2) is 4.98 Å². The lowest BCUT2D eigenvalue weighted by Crippen LogP contribution is -2.27. The van der Waals surface area contributed by atoms with Gasteiger partial charge in [-0.3, -0.25) is 0 Å². The molecular weight excluding hydrogens is 377 g/mol. The number of imidazole rings is 1. The van der Waals surface area contributed by atoms with Gasteiger partial charge in [0.05, 0.1) is 23.1 Å². The zero-order valence-corrected chi connectivity index (χ0v) is 16.0. The summed E-state index contributed by atoms with van der Waals surface area (Å²) >= 11 is 12.6. The molecule has 2 unspecified atom stereocenters. The number of fused-ring (bicyclic) bond motifs is 3. The smallest absolute Gasteiger partial charge is 0.204 e. The zero-order chi connectivity index (χ0) is 18.4. The number of nitrogens with one attached hydrogen (secondary N) is 1. The fraction of sp³-hybridized carbons (Fsp3) is 0.136. The van der Waals surface area contributed by atoms with Crippen molar-refractivity contribution in [3.05, 3.63) is 94.0 Å². The van der Waals surface area contributed by atoms with E-state index in [1.165, 1.54) is 5.56 Å². The molecule has 4 aromatic rings. The standard InChI is InChI=1S/C22H17Cl2N3/c23-15-11-9-14(10-12-15)21-13-19(16-5-1-2-6-17(16)24)26-22-25-18-7-3-4-8-20(18)27(21)22/h1-12,19,21H,13H2,(H,25,26). The summed E-state index contributed by atoms with van der Waals surface area (Å²) in [4.78, 5) is 4.83. The molecule has 3 aromatic carbocycles. The Morgan fingerprint density at radius 1 is 0.889 bits per heavy atom. The summed E-state index contributed by atoms with van der Waals surface area (Å²) in [6.45, 7) is 0. The lowest BCUT2D eigenvalue weighted by molar-refractivity contribution is 0.477. The Bertz CT molecular complexity index is 1120. The molecule has 0 radical (unpaired) electrons. The topological polar surface area (TPSA) is 29.9 Å². The van der Waals surface area contributed by atoms with Crippen molar-refractivity contribution in [3.8, 4) is 0 Å². The average Bonchev–Trinajstić information content (AvgIpc) is 3.07. The Labute approximate surface area is 167 Å². The van der Waals surface area contributed by atoms with Crippen LogP contribution in [0.15, 0.2) is 72.8 Å². The van der Waals surface area contributed by atoms with Gasteiger partial charge in [0.1, 0.15) is 0 Å². The number of hydrogen-bond donors (Lipinski definition) is 1. The predicted molar refractivity (Wildman–Crippen MR) is 112 cm³/mol. The van der Waals surface area contributed by atoms with E-state index in [2.05, 4.69) is 40.2 Å². The number of halogens is 2. The lowest BCUT2D eigenvalue weighted by Gasteiger charge is -2.34. The van der Waals surface area contributed by atoms with Crippen molar-refractivity contribution in [2.75, 3.05) is 5.32 Å². The van der Waals surface area contributed by atoms with Crippen molar-refractivity contribution in [1.82, 2.24) is 9.55 Å². The normalized spacial score (nSPS) is 18.9. The monoisotopic (exact) mass is 393 g/mol. The summed E-state index contributed by atoms with van der Waals surface area (Å²) in [5.74, 6) is 0.868. The fourth-order valence-corrected chi connectivity index (χ4v) is 4.33. The largest absolute Gasteiger partial charge is 0.349 e. The maximum atomic E-state index is 6.49. The number of anilines is 1. The van der Waals surface area contributed by atoms with Gasteiger partial charge in [-0.2, -0.15) is 0 Å². The summed E-state index contributed by atoms with van der Waals surface area (Å²) in [5, 5.41) is 5.11. The molecule has 1 aromatic heterocycles. The second kappa shape index (κ2) is 6.59. The molecule has 2 atom stereocenters. The number of aromatic nitrogens is 2. The van der Waals surface area contributed by atoms with Gasteiger partial charge in [0.2, 0.25) is 5.95 Å². The van der Waals surface area contributed by atoms with Crippen molar-refractivity contribution >= 4 is 40.2 Å². The van der Waals surface area contributed by atoms with Gasteiger partial charge in [-0.05, 0) is 47.9 Å². The maximum absolute atomic E-state index is 6.49. The van der Waals surface area contributed by atoms with E-state index < -0.39 is 0 Å². The highest BCUT2D eigenvalue weighted by atomic mass is 35.5. The molecule has 134 valence electrons. The second-order valence-corrected chi connectivity index (χ2v) is 7.66. The first-order valence-electron chi connectivity index (χ1n) is 8.94. The number of hydrogen-bond acceptors (Lipinski definition) is 2. The van der Waals surface area contributed by atoms with E-state index in [9.17, 15) is 0 Å². The van der Waals surface area contributed by atoms with Crippen molar-refractivity contribution in [3.63, 3.8) is 0 Å². The molecule has 0 fully saturated rings. The maximum Gasteiger partial charge on any atom is 0.204 e. The van der Waals surface area contributed by atoms with Gasteiger partial charge in [-0.15, -0.1) is 0 Å². The summed E-state index contributed by atoms with van der Waals surface area (Å²) < 4.78 is 2.28. The fourth-order valence-electron chi connectivity index (χ4n) is 3.94. The Kier molecular flexibility index (Phi) is 4.07. The minimum Gasteiger partial charge on any atom is -0.349 e. The Morgan fingerprint density at radius 2 is 1.63 bits per heavy atom. The van der Waals surface area contributed by atoms with Gasteiger partial charge < -0.3 is 9.88 Å². The summed E-state index contributed by atoms with van der Waals surface area (Å²) in [7, 11) is 0. The molecule has 1 N–H and O–H groups in total. The zero-order valence-electron chi connectivity index (χ0n) is 14.4. The van der Waals surface area contributed by atoms with Gasteiger partial charge in [0, 0.05) is 10.0 Å². The first-order valence-corrected chi connectivity index (χ1v) is 9.70. The lowest BCUT2D eigenvalue weighted by atomic mass is 9.93.